The Balaban J connectivity index is 2.33. The zero-order chi connectivity index (χ0) is 10.4. The Bertz CT molecular complexity index is 324. The van der Waals surface area contributed by atoms with Crippen molar-refractivity contribution in [3.8, 4) is 6.07 Å². The maximum atomic E-state index is 11.1. The predicted molar refractivity (Wildman–Crippen MR) is 52.4 cm³/mol. The van der Waals surface area contributed by atoms with Gasteiger partial charge in [0.25, 0.3) is 0 Å². The summed E-state index contributed by atoms with van der Waals surface area (Å²) in [5.74, 6) is -0.0402. The minimum absolute atomic E-state index is 0.00489. The molecule has 0 saturated carbocycles. The quantitative estimate of drug-likeness (QED) is 0.753. The van der Waals surface area contributed by atoms with Crippen LogP contribution < -0.4 is 0 Å². The van der Waals surface area contributed by atoms with Gasteiger partial charge in [-0.05, 0) is 19.2 Å². The van der Waals surface area contributed by atoms with E-state index in [-0.39, 0.29) is 12.2 Å². The molecule has 0 aromatic carbocycles. The lowest BCUT2D eigenvalue weighted by Gasteiger charge is -2.13. The van der Waals surface area contributed by atoms with Crippen molar-refractivity contribution in [3.63, 3.8) is 0 Å². The number of aromatic nitrogens is 1. The number of rotatable bonds is 5. The smallest absolute Gasteiger partial charge is 0.160 e. The number of hydrogen-bond acceptors (Lipinski definition) is 3. The van der Waals surface area contributed by atoms with Gasteiger partial charge in [-0.1, -0.05) is 0 Å². The summed E-state index contributed by atoms with van der Waals surface area (Å²) in [6.07, 6.45) is 1.84. The first kappa shape index (κ1) is 10.5. The molecule has 0 aliphatic heterocycles. The van der Waals surface area contributed by atoms with Gasteiger partial charge in [0.05, 0.1) is 19.0 Å². The number of nitrogens with one attached hydrogen (secondary N) is 1. The number of likely N-dealkylation sites (N-methyl/N-ethyl adjacent to an activating group) is 1. The van der Waals surface area contributed by atoms with Crippen LogP contribution in [0.3, 0.4) is 0 Å². The van der Waals surface area contributed by atoms with Gasteiger partial charge < -0.3 is 4.98 Å². The number of hydrogen-bond donors (Lipinski definition) is 1. The summed E-state index contributed by atoms with van der Waals surface area (Å²) < 4.78 is 0. The summed E-state index contributed by atoms with van der Waals surface area (Å²) in [6.45, 7) is 1.02. The molecule has 4 heteroatoms. The highest BCUT2D eigenvalue weighted by Gasteiger charge is 2.06. The van der Waals surface area contributed by atoms with E-state index < -0.39 is 0 Å². The van der Waals surface area contributed by atoms with Crippen LogP contribution in [-0.4, -0.2) is 29.3 Å². The van der Waals surface area contributed by atoms with E-state index in [1.165, 1.54) is 0 Å². The first-order valence-electron chi connectivity index (χ1n) is 4.42. The lowest BCUT2D eigenvalue weighted by Crippen LogP contribution is -2.25. The van der Waals surface area contributed by atoms with Crippen LogP contribution in [0.2, 0.25) is 0 Å². The third kappa shape index (κ3) is 3.42. The largest absolute Gasteiger partial charge is 0.364 e. The number of ketones is 1. The first-order valence-corrected chi connectivity index (χ1v) is 4.42. The molecule has 0 saturated heterocycles. The van der Waals surface area contributed by atoms with E-state index >= 15 is 0 Å². The Labute approximate surface area is 83.1 Å². The average molecular weight is 191 g/mol. The molecule has 0 amide bonds. The fourth-order valence-corrected chi connectivity index (χ4v) is 1.26. The van der Waals surface area contributed by atoms with Gasteiger partial charge >= 0.3 is 0 Å². The molecule has 0 atom stereocenters. The van der Waals surface area contributed by atoms with E-state index in [0.29, 0.717) is 13.1 Å². The highest BCUT2D eigenvalue weighted by atomic mass is 16.1. The maximum absolute atomic E-state index is 11.1. The van der Waals surface area contributed by atoms with Crippen LogP contribution in [0.5, 0.6) is 0 Å². The lowest BCUT2D eigenvalue weighted by atomic mass is 10.3. The van der Waals surface area contributed by atoms with Crippen LogP contribution in [0.1, 0.15) is 12.1 Å². The minimum atomic E-state index is -0.0402. The van der Waals surface area contributed by atoms with Crippen molar-refractivity contribution in [2.75, 3.05) is 13.6 Å². The van der Waals surface area contributed by atoms with Crippen molar-refractivity contribution in [3.05, 3.63) is 24.0 Å². The second-order valence-corrected chi connectivity index (χ2v) is 3.24. The van der Waals surface area contributed by atoms with Crippen molar-refractivity contribution in [1.29, 1.82) is 5.26 Å². The van der Waals surface area contributed by atoms with Gasteiger partial charge in [0.1, 0.15) is 0 Å². The van der Waals surface area contributed by atoms with E-state index in [9.17, 15) is 4.79 Å². The van der Waals surface area contributed by atoms with Gasteiger partial charge in [-0.15, -0.1) is 0 Å². The Kier molecular flexibility index (Phi) is 3.89. The molecule has 14 heavy (non-hydrogen) atoms. The van der Waals surface area contributed by atoms with Gasteiger partial charge in [0.15, 0.2) is 5.78 Å². The van der Waals surface area contributed by atoms with E-state index in [4.69, 9.17) is 5.26 Å². The van der Waals surface area contributed by atoms with Crippen LogP contribution in [-0.2, 0) is 11.3 Å². The van der Waals surface area contributed by atoms with Crippen molar-refractivity contribution >= 4 is 5.78 Å². The lowest BCUT2D eigenvalue weighted by molar-refractivity contribution is -0.119. The van der Waals surface area contributed by atoms with Gasteiger partial charge in [-0.25, -0.2) is 0 Å². The van der Waals surface area contributed by atoms with Gasteiger partial charge in [0.2, 0.25) is 0 Å². The molecular formula is C10H13N3O. The fraction of sp³-hybridized carbons (Fsp3) is 0.400. The summed E-state index contributed by atoms with van der Waals surface area (Å²) in [6, 6.07) is 5.73. The number of aromatic amines is 1. The first-order chi connectivity index (χ1) is 6.72. The van der Waals surface area contributed by atoms with E-state index in [1.54, 1.807) is 0 Å². The minimum Gasteiger partial charge on any atom is -0.364 e. The number of Topliss-reactive ketones (excluding diaryl/α,β-unsaturated/α-hetero) is 1. The fourth-order valence-electron chi connectivity index (χ4n) is 1.26. The maximum Gasteiger partial charge on any atom is 0.160 e. The SMILES string of the molecule is CN(CC(=O)CC#N)Cc1ccc[nH]1. The van der Waals surface area contributed by atoms with Crippen LogP contribution in [0.4, 0.5) is 0 Å². The summed E-state index contributed by atoms with van der Waals surface area (Å²) in [5.41, 5.74) is 1.07. The van der Waals surface area contributed by atoms with Gasteiger partial charge in [0, 0.05) is 18.4 Å². The van der Waals surface area contributed by atoms with Crippen molar-refractivity contribution in [2.45, 2.75) is 13.0 Å². The van der Waals surface area contributed by atoms with Crippen molar-refractivity contribution in [1.82, 2.24) is 9.88 Å². The summed E-state index contributed by atoms with van der Waals surface area (Å²) in [4.78, 5) is 16.0. The van der Waals surface area contributed by atoms with Gasteiger partial charge in [-0.2, -0.15) is 5.26 Å². The summed E-state index contributed by atoms with van der Waals surface area (Å²) in [7, 11) is 1.86. The molecular weight excluding hydrogens is 178 g/mol. The summed E-state index contributed by atoms with van der Waals surface area (Å²) >= 11 is 0. The molecule has 1 N–H and O–H groups in total. The molecule has 0 unspecified atom stereocenters. The number of nitriles is 1. The van der Waals surface area contributed by atoms with Crippen LogP contribution in [0.25, 0.3) is 0 Å². The molecule has 0 fully saturated rings. The van der Waals surface area contributed by atoms with E-state index in [0.717, 1.165) is 5.69 Å². The molecule has 1 aromatic rings. The molecule has 0 aliphatic rings. The molecule has 4 nitrogen and oxygen atoms in total. The molecule has 74 valence electrons. The third-order valence-corrected chi connectivity index (χ3v) is 1.83. The number of carbonyl (C=O) groups excluding carboxylic acids is 1. The second-order valence-electron chi connectivity index (χ2n) is 3.24. The topological polar surface area (TPSA) is 59.9 Å². The standard InChI is InChI=1S/C10H13N3O/c1-13(8-10(14)4-5-11)7-9-3-2-6-12-9/h2-3,6,12H,4,7-8H2,1H3. The normalized spacial score (nSPS) is 10.1. The molecule has 1 rings (SSSR count). The number of carbonyl (C=O) groups is 1. The summed E-state index contributed by atoms with van der Waals surface area (Å²) in [5, 5.41) is 8.31. The van der Waals surface area contributed by atoms with E-state index in [2.05, 4.69) is 4.98 Å². The monoisotopic (exact) mass is 191 g/mol. The van der Waals surface area contributed by atoms with Gasteiger partial charge in [-0.3, -0.25) is 9.69 Å². The van der Waals surface area contributed by atoms with E-state index in [1.807, 2.05) is 36.3 Å². The Morgan fingerprint density at radius 1 is 1.71 bits per heavy atom. The molecule has 0 spiro atoms. The Morgan fingerprint density at radius 3 is 3.07 bits per heavy atom. The van der Waals surface area contributed by atoms with Crippen molar-refractivity contribution in [2.24, 2.45) is 0 Å². The molecule has 0 radical (unpaired) electrons. The predicted octanol–water partition coefficient (Wildman–Crippen LogP) is 0.929. The third-order valence-electron chi connectivity index (χ3n) is 1.83. The van der Waals surface area contributed by atoms with Crippen LogP contribution in [0.15, 0.2) is 18.3 Å². The Morgan fingerprint density at radius 2 is 2.50 bits per heavy atom. The molecule has 0 bridgehead atoms. The highest BCUT2D eigenvalue weighted by molar-refractivity contribution is 5.82. The van der Waals surface area contributed by atoms with Crippen LogP contribution >= 0.6 is 0 Å². The zero-order valence-corrected chi connectivity index (χ0v) is 8.16. The number of H-pyrrole nitrogens is 1. The second kappa shape index (κ2) is 5.20. The zero-order valence-electron chi connectivity index (χ0n) is 8.16. The molecule has 0 aliphatic carbocycles. The van der Waals surface area contributed by atoms with Crippen molar-refractivity contribution < 1.29 is 4.79 Å². The highest BCUT2D eigenvalue weighted by Crippen LogP contribution is 1.99. The average Bonchev–Trinajstić information content (AvgIpc) is 2.56. The number of nitrogens with zero attached hydrogens (tertiary/aromatic N) is 2. The van der Waals surface area contributed by atoms with Crippen LogP contribution in [0, 0.1) is 11.3 Å². The molecule has 1 aromatic heterocycles. The Hall–Kier alpha value is -1.60. The molecule has 1 heterocycles.